The molecule has 0 saturated carbocycles. The highest BCUT2D eigenvalue weighted by molar-refractivity contribution is 7.21. The zero-order chi connectivity index (χ0) is 12.5. The van der Waals surface area contributed by atoms with Gasteiger partial charge < -0.3 is 0 Å². The molecule has 2 heterocycles. The van der Waals surface area contributed by atoms with E-state index >= 15 is 0 Å². The first-order chi connectivity index (χ1) is 8.76. The van der Waals surface area contributed by atoms with Crippen LogP contribution >= 0.6 is 22.9 Å². The molecular formula is C14H12ClN2S+. The van der Waals surface area contributed by atoms with Crippen LogP contribution in [0.4, 0.5) is 0 Å². The summed E-state index contributed by atoms with van der Waals surface area (Å²) in [5.41, 5.74) is 2.16. The Balaban J connectivity index is 2.13. The fraction of sp³-hybridized carbons (Fsp3) is 0.143. The van der Waals surface area contributed by atoms with Crippen LogP contribution in [0.3, 0.4) is 0 Å². The summed E-state index contributed by atoms with van der Waals surface area (Å²) in [6, 6.07) is 9.96. The maximum Gasteiger partial charge on any atom is 0.179 e. The number of hydrogen-bond acceptors (Lipinski definition) is 2. The van der Waals surface area contributed by atoms with Crippen LogP contribution in [0, 0.1) is 0 Å². The Bertz CT molecular complexity index is 706. The summed E-state index contributed by atoms with van der Waals surface area (Å²) in [7, 11) is 0. The predicted octanol–water partition coefficient (Wildman–Crippen LogP) is 3.92. The van der Waals surface area contributed by atoms with Crippen LogP contribution < -0.4 is 4.57 Å². The van der Waals surface area contributed by atoms with Crippen LogP contribution in [0.15, 0.2) is 42.7 Å². The number of halogens is 1. The number of aromatic nitrogens is 2. The van der Waals surface area contributed by atoms with Crippen LogP contribution in [-0.2, 0) is 6.54 Å². The Kier molecular flexibility index (Phi) is 3.02. The predicted molar refractivity (Wildman–Crippen MR) is 75.9 cm³/mol. The summed E-state index contributed by atoms with van der Waals surface area (Å²) in [6.07, 6.45) is 4.19. The second kappa shape index (κ2) is 4.67. The molecule has 0 aliphatic rings. The number of thiazole rings is 1. The van der Waals surface area contributed by atoms with Crippen molar-refractivity contribution in [1.82, 2.24) is 4.98 Å². The fourth-order valence-corrected chi connectivity index (χ4v) is 3.10. The molecule has 0 aliphatic heterocycles. The van der Waals surface area contributed by atoms with E-state index in [0.717, 1.165) is 32.4 Å². The maximum atomic E-state index is 6.00. The van der Waals surface area contributed by atoms with E-state index in [-0.39, 0.29) is 0 Å². The number of rotatable bonds is 2. The van der Waals surface area contributed by atoms with Crippen molar-refractivity contribution >= 4 is 33.2 Å². The van der Waals surface area contributed by atoms with Gasteiger partial charge in [0.25, 0.3) is 0 Å². The molecule has 90 valence electrons. The van der Waals surface area contributed by atoms with Crippen molar-refractivity contribution in [3.8, 4) is 10.6 Å². The van der Waals surface area contributed by atoms with E-state index in [9.17, 15) is 0 Å². The van der Waals surface area contributed by atoms with Crippen LogP contribution in [0.1, 0.15) is 6.92 Å². The zero-order valence-corrected chi connectivity index (χ0v) is 11.5. The Morgan fingerprint density at radius 3 is 3.06 bits per heavy atom. The third kappa shape index (κ3) is 2.11. The standard InChI is InChI=1S/C14H12ClN2S/c1-2-17-7-3-4-10(9-17)14-16-12-6-5-11(15)8-13(12)18-14/h3-9H,2H2,1H3/q+1. The summed E-state index contributed by atoms with van der Waals surface area (Å²) in [6.45, 7) is 3.09. The number of aryl methyl sites for hydroxylation is 1. The van der Waals surface area contributed by atoms with Gasteiger partial charge in [0.2, 0.25) is 0 Å². The Morgan fingerprint density at radius 1 is 1.33 bits per heavy atom. The van der Waals surface area contributed by atoms with Crippen LogP contribution in [0.5, 0.6) is 0 Å². The highest BCUT2D eigenvalue weighted by Gasteiger charge is 2.09. The lowest BCUT2D eigenvalue weighted by atomic mass is 10.3. The van der Waals surface area contributed by atoms with Crippen molar-refractivity contribution in [3.63, 3.8) is 0 Å². The van der Waals surface area contributed by atoms with Gasteiger partial charge in [-0.05, 0) is 31.2 Å². The molecule has 0 fully saturated rings. The molecule has 0 atom stereocenters. The first kappa shape index (κ1) is 11.6. The molecular weight excluding hydrogens is 264 g/mol. The fourth-order valence-electron chi connectivity index (χ4n) is 1.87. The lowest BCUT2D eigenvalue weighted by Gasteiger charge is -1.94. The van der Waals surface area contributed by atoms with Gasteiger partial charge in [-0.25, -0.2) is 9.55 Å². The van der Waals surface area contributed by atoms with Gasteiger partial charge in [-0.3, -0.25) is 0 Å². The summed E-state index contributed by atoms with van der Waals surface area (Å²) in [4.78, 5) is 4.65. The van der Waals surface area contributed by atoms with Gasteiger partial charge in [0, 0.05) is 11.1 Å². The molecule has 18 heavy (non-hydrogen) atoms. The lowest BCUT2D eigenvalue weighted by molar-refractivity contribution is -0.693. The van der Waals surface area contributed by atoms with E-state index < -0.39 is 0 Å². The van der Waals surface area contributed by atoms with Crippen LogP contribution in [0.25, 0.3) is 20.8 Å². The van der Waals surface area contributed by atoms with Crippen molar-refractivity contribution in [2.75, 3.05) is 0 Å². The first-order valence-corrected chi connectivity index (χ1v) is 7.01. The highest BCUT2D eigenvalue weighted by atomic mass is 35.5. The molecule has 0 bridgehead atoms. The molecule has 3 rings (SSSR count). The summed E-state index contributed by atoms with van der Waals surface area (Å²) < 4.78 is 3.28. The van der Waals surface area contributed by atoms with Crippen molar-refractivity contribution in [3.05, 3.63) is 47.7 Å². The molecule has 2 aromatic heterocycles. The average Bonchev–Trinajstić information content (AvgIpc) is 2.81. The maximum absolute atomic E-state index is 6.00. The minimum absolute atomic E-state index is 0.759. The second-order valence-electron chi connectivity index (χ2n) is 4.05. The highest BCUT2D eigenvalue weighted by Crippen LogP contribution is 2.30. The molecule has 0 N–H and O–H groups in total. The summed E-state index contributed by atoms with van der Waals surface area (Å²) >= 11 is 7.67. The third-order valence-electron chi connectivity index (χ3n) is 2.82. The Hall–Kier alpha value is -1.45. The number of nitrogens with zero attached hydrogens (tertiary/aromatic N) is 2. The molecule has 4 heteroatoms. The van der Waals surface area contributed by atoms with Gasteiger partial charge in [0.15, 0.2) is 12.4 Å². The van der Waals surface area contributed by atoms with E-state index in [4.69, 9.17) is 11.6 Å². The molecule has 0 aliphatic carbocycles. The largest absolute Gasteiger partial charge is 0.236 e. The summed E-state index contributed by atoms with van der Waals surface area (Å²) in [5, 5.41) is 1.80. The molecule has 0 spiro atoms. The van der Waals surface area contributed by atoms with Gasteiger partial charge in [-0.1, -0.05) is 11.6 Å². The second-order valence-corrected chi connectivity index (χ2v) is 5.52. The van der Waals surface area contributed by atoms with Crippen molar-refractivity contribution in [2.45, 2.75) is 13.5 Å². The quantitative estimate of drug-likeness (QED) is 0.648. The third-order valence-corrected chi connectivity index (χ3v) is 4.12. The van der Waals surface area contributed by atoms with Crippen molar-refractivity contribution in [2.24, 2.45) is 0 Å². The molecule has 3 aromatic rings. The summed E-state index contributed by atoms with van der Waals surface area (Å²) in [5.74, 6) is 0. The minimum atomic E-state index is 0.759. The minimum Gasteiger partial charge on any atom is -0.236 e. The Morgan fingerprint density at radius 2 is 2.22 bits per heavy atom. The SMILES string of the molecule is CC[n+]1cccc(-c2nc3ccc(Cl)cc3s2)c1. The lowest BCUT2D eigenvalue weighted by Crippen LogP contribution is -2.30. The molecule has 0 saturated heterocycles. The van der Waals surface area contributed by atoms with Crippen molar-refractivity contribution in [1.29, 1.82) is 0 Å². The molecule has 1 aromatic carbocycles. The number of pyridine rings is 1. The van der Waals surface area contributed by atoms with Gasteiger partial charge in [-0.2, -0.15) is 0 Å². The molecule has 0 radical (unpaired) electrons. The van der Waals surface area contributed by atoms with E-state index in [0.29, 0.717) is 0 Å². The van der Waals surface area contributed by atoms with Crippen molar-refractivity contribution < 1.29 is 4.57 Å². The average molecular weight is 276 g/mol. The number of hydrogen-bond donors (Lipinski definition) is 0. The van der Waals surface area contributed by atoms with E-state index in [1.54, 1.807) is 11.3 Å². The van der Waals surface area contributed by atoms with Gasteiger partial charge >= 0.3 is 0 Å². The zero-order valence-electron chi connectivity index (χ0n) is 9.93. The molecule has 0 amide bonds. The monoisotopic (exact) mass is 275 g/mol. The Labute approximate surface area is 114 Å². The first-order valence-electron chi connectivity index (χ1n) is 5.82. The topological polar surface area (TPSA) is 16.8 Å². The van der Waals surface area contributed by atoms with Gasteiger partial charge in [0.05, 0.1) is 15.8 Å². The van der Waals surface area contributed by atoms with Crippen LogP contribution in [0.2, 0.25) is 5.02 Å². The van der Waals surface area contributed by atoms with Gasteiger partial charge in [0.1, 0.15) is 11.6 Å². The molecule has 2 nitrogen and oxygen atoms in total. The molecule has 0 unspecified atom stereocenters. The smallest absolute Gasteiger partial charge is 0.179 e. The van der Waals surface area contributed by atoms with Crippen LogP contribution in [-0.4, -0.2) is 4.98 Å². The van der Waals surface area contributed by atoms with E-state index in [1.165, 1.54) is 0 Å². The van der Waals surface area contributed by atoms with Gasteiger partial charge in [-0.15, -0.1) is 11.3 Å². The number of fused-ring (bicyclic) bond motifs is 1. The van der Waals surface area contributed by atoms with E-state index in [1.807, 2.05) is 18.2 Å². The normalized spacial score (nSPS) is 11.0. The number of benzene rings is 1. The van der Waals surface area contributed by atoms with E-state index in [2.05, 4.69) is 41.0 Å².